The van der Waals surface area contributed by atoms with Crippen LogP contribution in [0.5, 0.6) is 0 Å². The zero-order valence-electron chi connectivity index (χ0n) is 13.0. The van der Waals surface area contributed by atoms with E-state index in [1.165, 1.54) is 0 Å². The van der Waals surface area contributed by atoms with Crippen LogP contribution in [-0.4, -0.2) is 22.8 Å². The predicted molar refractivity (Wildman–Crippen MR) is 93.7 cm³/mol. The van der Waals surface area contributed by atoms with Crippen LogP contribution in [0.2, 0.25) is 5.02 Å². The first-order valence-electron chi connectivity index (χ1n) is 7.45. The number of nitrogens with zero attached hydrogens (tertiary/aromatic N) is 2. The molecule has 1 heterocycles. The summed E-state index contributed by atoms with van der Waals surface area (Å²) in [6.07, 6.45) is 1.70. The van der Waals surface area contributed by atoms with Gasteiger partial charge in [0.15, 0.2) is 0 Å². The fourth-order valence-electron chi connectivity index (χ4n) is 2.67. The maximum atomic E-state index is 12.9. The van der Waals surface area contributed by atoms with Crippen molar-refractivity contribution in [2.75, 3.05) is 7.05 Å². The lowest BCUT2D eigenvalue weighted by molar-refractivity contribution is 0.0744. The van der Waals surface area contributed by atoms with E-state index >= 15 is 0 Å². The zero-order valence-corrected chi connectivity index (χ0v) is 13.8. The summed E-state index contributed by atoms with van der Waals surface area (Å²) in [7, 11) is 1.79. The largest absolute Gasteiger partial charge is 0.335 e. The highest BCUT2D eigenvalue weighted by Gasteiger charge is 2.22. The Bertz CT molecular complexity index is 857. The number of hydrogen-bond donors (Lipinski definition) is 0. The third-order valence-corrected chi connectivity index (χ3v) is 4.46. The van der Waals surface area contributed by atoms with E-state index in [2.05, 4.69) is 4.98 Å². The van der Waals surface area contributed by atoms with Crippen LogP contribution < -0.4 is 0 Å². The van der Waals surface area contributed by atoms with Crippen LogP contribution in [0.3, 0.4) is 0 Å². The molecule has 0 spiro atoms. The molecular formula is C19H17ClN2O. The van der Waals surface area contributed by atoms with E-state index in [0.29, 0.717) is 10.6 Å². The van der Waals surface area contributed by atoms with Gasteiger partial charge in [-0.3, -0.25) is 9.78 Å². The van der Waals surface area contributed by atoms with Gasteiger partial charge in [0.25, 0.3) is 5.91 Å². The normalized spacial score (nSPS) is 12.1. The second-order valence-electron chi connectivity index (χ2n) is 5.49. The lowest BCUT2D eigenvalue weighted by Crippen LogP contribution is -2.30. The first-order chi connectivity index (χ1) is 11.1. The Morgan fingerprint density at radius 2 is 1.83 bits per heavy atom. The van der Waals surface area contributed by atoms with E-state index in [-0.39, 0.29) is 11.9 Å². The van der Waals surface area contributed by atoms with Gasteiger partial charge < -0.3 is 4.90 Å². The van der Waals surface area contributed by atoms with Gasteiger partial charge in [0.2, 0.25) is 0 Å². The summed E-state index contributed by atoms with van der Waals surface area (Å²) in [5, 5.41) is 1.62. The number of amides is 1. The number of fused-ring (bicyclic) bond motifs is 1. The quantitative estimate of drug-likeness (QED) is 0.698. The molecule has 1 atom stereocenters. The Hall–Kier alpha value is -2.39. The SMILES string of the molecule is CC(c1ccccc1Cl)N(C)C(=O)c1cccc2cccnc12. The maximum absolute atomic E-state index is 12.9. The van der Waals surface area contributed by atoms with Crippen molar-refractivity contribution in [1.82, 2.24) is 9.88 Å². The molecule has 3 aromatic rings. The number of rotatable bonds is 3. The van der Waals surface area contributed by atoms with Crippen LogP contribution in [0.25, 0.3) is 10.9 Å². The molecule has 0 bridgehead atoms. The van der Waals surface area contributed by atoms with Crippen LogP contribution in [0.4, 0.5) is 0 Å². The molecule has 3 nitrogen and oxygen atoms in total. The second-order valence-corrected chi connectivity index (χ2v) is 5.90. The molecule has 0 radical (unpaired) electrons. The zero-order chi connectivity index (χ0) is 16.4. The van der Waals surface area contributed by atoms with E-state index in [4.69, 9.17) is 11.6 Å². The van der Waals surface area contributed by atoms with Gasteiger partial charge >= 0.3 is 0 Å². The van der Waals surface area contributed by atoms with Crippen LogP contribution in [-0.2, 0) is 0 Å². The van der Waals surface area contributed by atoms with E-state index in [1.807, 2.05) is 61.5 Å². The van der Waals surface area contributed by atoms with Crippen molar-refractivity contribution in [2.24, 2.45) is 0 Å². The maximum Gasteiger partial charge on any atom is 0.256 e. The molecule has 1 amide bonds. The standard InChI is InChI=1S/C19H17ClN2O/c1-13(15-9-3-4-11-17(15)20)22(2)19(23)16-10-5-7-14-8-6-12-21-18(14)16/h3-13H,1-2H3. The average Bonchev–Trinajstić information content (AvgIpc) is 2.60. The molecule has 1 aromatic heterocycles. The first-order valence-corrected chi connectivity index (χ1v) is 7.82. The summed E-state index contributed by atoms with van der Waals surface area (Å²) in [6, 6.07) is 16.9. The smallest absolute Gasteiger partial charge is 0.256 e. The number of halogens is 1. The Morgan fingerprint density at radius 3 is 2.61 bits per heavy atom. The molecule has 0 aliphatic heterocycles. The van der Waals surface area contributed by atoms with Gasteiger partial charge in [-0.2, -0.15) is 0 Å². The van der Waals surface area contributed by atoms with Crippen molar-refractivity contribution in [3.63, 3.8) is 0 Å². The number of aromatic nitrogens is 1. The van der Waals surface area contributed by atoms with E-state index in [1.54, 1.807) is 18.1 Å². The van der Waals surface area contributed by atoms with E-state index in [0.717, 1.165) is 16.5 Å². The molecule has 0 aliphatic carbocycles. The molecule has 23 heavy (non-hydrogen) atoms. The third-order valence-electron chi connectivity index (χ3n) is 4.12. The van der Waals surface area contributed by atoms with Crippen molar-refractivity contribution in [2.45, 2.75) is 13.0 Å². The topological polar surface area (TPSA) is 33.2 Å². The summed E-state index contributed by atoms with van der Waals surface area (Å²) >= 11 is 6.26. The molecule has 0 saturated heterocycles. The van der Waals surface area contributed by atoms with E-state index in [9.17, 15) is 4.79 Å². The Labute approximate surface area is 140 Å². The Balaban J connectivity index is 1.97. The lowest BCUT2D eigenvalue weighted by atomic mass is 10.0. The molecule has 0 N–H and O–H groups in total. The number of carbonyl (C=O) groups excluding carboxylic acids is 1. The monoisotopic (exact) mass is 324 g/mol. The lowest BCUT2D eigenvalue weighted by Gasteiger charge is -2.26. The summed E-state index contributed by atoms with van der Waals surface area (Å²) in [5.41, 5.74) is 2.25. The number of para-hydroxylation sites is 1. The van der Waals surface area contributed by atoms with Gasteiger partial charge in [0.1, 0.15) is 0 Å². The number of carbonyl (C=O) groups is 1. The summed E-state index contributed by atoms with van der Waals surface area (Å²) in [5.74, 6) is -0.0679. The van der Waals surface area contributed by atoms with Gasteiger partial charge in [0.05, 0.1) is 17.1 Å². The Morgan fingerprint density at radius 1 is 1.09 bits per heavy atom. The molecule has 2 aromatic carbocycles. The minimum Gasteiger partial charge on any atom is -0.335 e. The average molecular weight is 325 g/mol. The van der Waals surface area contributed by atoms with Crippen molar-refractivity contribution < 1.29 is 4.79 Å². The number of pyridine rings is 1. The molecule has 3 rings (SSSR count). The summed E-state index contributed by atoms with van der Waals surface area (Å²) < 4.78 is 0. The van der Waals surface area contributed by atoms with Gasteiger partial charge in [-0.05, 0) is 30.7 Å². The van der Waals surface area contributed by atoms with Crippen LogP contribution >= 0.6 is 11.6 Å². The third kappa shape index (κ3) is 2.92. The second kappa shape index (κ2) is 6.39. The minimum absolute atomic E-state index is 0.0679. The molecule has 0 aliphatic rings. The summed E-state index contributed by atoms with van der Waals surface area (Å²) in [6.45, 7) is 1.97. The number of hydrogen-bond acceptors (Lipinski definition) is 2. The highest BCUT2D eigenvalue weighted by Crippen LogP contribution is 2.28. The van der Waals surface area contributed by atoms with Crippen molar-refractivity contribution in [3.05, 3.63) is 76.9 Å². The minimum atomic E-state index is -0.129. The van der Waals surface area contributed by atoms with E-state index < -0.39 is 0 Å². The Kier molecular flexibility index (Phi) is 4.30. The van der Waals surface area contributed by atoms with Crippen molar-refractivity contribution in [1.29, 1.82) is 0 Å². The first kappa shape index (κ1) is 15.5. The van der Waals surface area contributed by atoms with Gasteiger partial charge in [0, 0.05) is 23.7 Å². The molecule has 116 valence electrons. The fourth-order valence-corrected chi connectivity index (χ4v) is 2.96. The molecule has 0 saturated carbocycles. The fraction of sp³-hybridized carbons (Fsp3) is 0.158. The highest BCUT2D eigenvalue weighted by atomic mass is 35.5. The molecule has 1 unspecified atom stereocenters. The number of benzene rings is 2. The molecular weight excluding hydrogens is 308 g/mol. The highest BCUT2D eigenvalue weighted by molar-refractivity contribution is 6.31. The molecule has 4 heteroatoms. The van der Waals surface area contributed by atoms with Crippen molar-refractivity contribution in [3.8, 4) is 0 Å². The van der Waals surface area contributed by atoms with Gasteiger partial charge in [-0.1, -0.05) is 48.0 Å². The molecule has 0 fully saturated rings. The summed E-state index contributed by atoms with van der Waals surface area (Å²) in [4.78, 5) is 19.0. The van der Waals surface area contributed by atoms with Gasteiger partial charge in [-0.25, -0.2) is 0 Å². The van der Waals surface area contributed by atoms with Crippen LogP contribution in [0, 0.1) is 0 Å². The van der Waals surface area contributed by atoms with Crippen molar-refractivity contribution >= 4 is 28.4 Å². The van der Waals surface area contributed by atoms with Gasteiger partial charge in [-0.15, -0.1) is 0 Å². The predicted octanol–water partition coefficient (Wildman–Crippen LogP) is 4.72. The van der Waals surface area contributed by atoms with Crippen LogP contribution in [0.15, 0.2) is 60.8 Å². The van der Waals surface area contributed by atoms with Crippen LogP contribution in [0.1, 0.15) is 28.9 Å².